The maximum Gasteiger partial charge on any atom is 0.125 e. The molecule has 1 heterocycles. The van der Waals surface area contributed by atoms with E-state index in [-0.39, 0.29) is 5.82 Å². The smallest absolute Gasteiger partial charge is 0.125 e. The van der Waals surface area contributed by atoms with Crippen molar-refractivity contribution in [1.29, 1.82) is 0 Å². The van der Waals surface area contributed by atoms with Crippen molar-refractivity contribution < 1.29 is 4.39 Å². The average molecular weight is 288 g/mol. The summed E-state index contributed by atoms with van der Waals surface area (Å²) in [5.41, 5.74) is 1.55. The lowest BCUT2D eigenvalue weighted by molar-refractivity contribution is 0.628. The Labute approximate surface area is 98.6 Å². The first-order chi connectivity index (χ1) is 7.25. The summed E-state index contributed by atoms with van der Waals surface area (Å²) >= 11 is 4.63. The molecule has 1 N–H and O–H groups in total. The lowest BCUT2D eigenvalue weighted by Crippen LogP contribution is -2.00. The molecule has 0 amide bonds. The van der Waals surface area contributed by atoms with E-state index in [1.807, 2.05) is 5.38 Å². The van der Waals surface area contributed by atoms with E-state index >= 15 is 0 Å². The zero-order valence-electron chi connectivity index (χ0n) is 7.58. The van der Waals surface area contributed by atoms with E-state index in [0.717, 1.165) is 10.2 Å². The number of hydrogen-bond acceptors (Lipinski definition) is 4. The van der Waals surface area contributed by atoms with Gasteiger partial charge >= 0.3 is 0 Å². The van der Waals surface area contributed by atoms with Gasteiger partial charge in [0.05, 0.1) is 17.9 Å². The molecule has 0 saturated carbocycles. The maximum absolute atomic E-state index is 12.9. The minimum absolute atomic E-state index is 0.267. The van der Waals surface area contributed by atoms with Crippen molar-refractivity contribution in [1.82, 2.24) is 9.59 Å². The highest BCUT2D eigenvalue weighted by molar-refractivity contribution is 9.10. The predicted molar refractivity (Wildman–Crippen MR) is 61.3 cm³/mol. The van der Waals surface area contributed by atoms with Crippen LogP contribution in [0.25, 0.3) is 0 Å². The van der Waals surface area contributed by atoms with Gasteiger partial charge in [0.1, 0.15) is 5.82 Å². The molecule has 0 saturated heterocycles. The highest BCUT2D eigenvalue weighted by Crippen LogP contribution is 2.23. The van der Waals surface area contributed by atoms with Crippen LogP contribution in [-0.4, -0.2) is 9.59 Å². The van der Waals surface area contributed by atoms with Crippen molar-refractivity contribution in [3.05, 3.63) is 39.6 Å². The molecule has 0 fully saturated rings. The van der Waals surface area contributed by atoms with Gasteiger partial charge in [0.15, 0.2) is 0 Å². The molecule has 3 nitrogen and oxygen atoms in total. The fourth-order valence-electron chi connectivity index (χ4n) is 1.08. The van der Waals surface area contributed by atoms with Crippen LogP contribution in [0.5, 0.6) is 0 Å². The Kier molecular flexibility index (Phi) is 3.27. The Morgan fingerprint density at radius 1 is 1.47 bits per heavy atom. The summed E-state index contributed by atoms with van der Waals surface area (Å²) in [5.74, 6) is -0.267. The van der Waals surface area contributed by atoms with Gasteiger partial charge in [0, 0.05) is 9.85 Å². The van der Waals surface area contributed by atoms with Crippen LogP contribution < -0.4 is 5.32 Å². The van der Waals surface area contributed by atoms with Crippen LogP contribution >= 0.6 is 27.5 Å². The van der Waals surface area contributed by atoms with Gasteiger partial charge in [-0.25, -0.2) is 4.39 Å². The molecule has 0 unspecified atom stereocenters. The van der Waals surface area contributed by atoms with E-state index < -0.39 is 0 Å². The van der Waals surface area contributed by atoms with Crippen molar-refractivity contribution in [3.8, 4) is 0 Å². The fraction of sp³-hybridized carbons (Fsp3) is 0.111. The monoisotopic (exact) mass is 287 g/mol. The highest BCUT2D eigenvalue weighted by Gasteiger charge is 2.02. The van der Waals surface area contributed by atoms with E-state index in [4.69, 9.17) is 0 Å². The van der Waals surface area contributed by atoms with Gasteiger partial charge in [-0.15, -0.1) is 5.10 Å². The number of rotatable bonds is 3. The van der Waals surface area contributed by atoms with Crippen molar-refractivity contribution in [3.63, 3.8) is 0 Å². The number of aromatic nitrogens is 2. The second-order valence-electron chi connectivity index (χ2n) is 2.87. The molecule has 0 bridgehead atoms. The molecule has 6 heteroatoms. The molecule has 2 rings (SSSR count). The molecular weight excluding hydrogens is 281 g/mol. The topological polar surface area (TPSA) is 37.8 Å². The second-order valence-corrected chi connectivity index (χ2v) is 4.34. The Morgan fingerprint density at radius 2 is 2.33 bits per heavy atom. The standard InChI is InChI=1S/C9H7BrFN3S/c10-8-2-1-6(11)3-9(8)12-4-7-5-15-14-13-7/h1-3,5,12H,4H2. The lowest BCUT2D eigenvalue weighted by atomic mass is 10.3. The molecular formula is C9H7BrFN3S. The summed E-state index contributed by atoms with van der Waals surface area (Å²) < 4.78 is 17.5. The van der Waals surface area contributed by atoms with Gasteiger partial charge in [0.25, 0.3) is 0 Å². The number of benzene rings is 1. The first-order valence-corrected chi connectivity index (χ1v) is 5.83. The van der Waals surface area contributed by atoms with E-state index in [1.54, 1.807) is 6.07 Å². The molecule has 1 aromatic heterocycles. The van der Waals surface area contributed by atoms with Gasteiger partial charge in [-0.3, -0.25) is 0 Å². The molecule has 0 spiro atoms. The Morgan fingerprint density at radius 3 is 3.07 bits per heavy atom. The lowest BCUT2D eigenvalue weighted by Gasteiger charge is -2.06. The normalized spacial score (nSPS) is 10.3. The quantitative estimate of drug-likeness (QED) is 0.943. The van der Waals surface area contributed by atoms with Crippen molar-refractivity contribution in [2.45, 2.75) is 6.54 Å². The van der Waals surface area contributed by atoms with Crippen LogP contribution in [0, 0.1) is 5.82 Å². The summed E-state index contributed by atoms with van der Waals surface area (Å²) in [6, 6.07) is 4.50. The minimum Gasteiger partial charge on any atom is -0.378 e. The van der Waals surface area contributed by atoms with Crippen molar-refractivity contribution in [2.24, 2.45) is 0 Å². The number of hydrogen-bond donors (Lipinski definition) is 1. The number of nitrogens with one attached hydrogen (secondary N) is 1. The van der Waals surface area contributed by atoms with Crippen LogP contribution in [0.1, 0.15) is 5.69 Å². The third-order valence-electron chi connectivity index (χ3n) is 1.79. The van der Waals surface area contributed by atoms with Crippen LogP contribution in [0.2, 0.25) is 0 Å². The fourth-order valence-corrected chi connectivity index (χ4v) is 1.92. The van der Waals surface area contributed by atoms with E-state index in [2.05, 4.69) is 30.8 Å². The zero-order chi connectivity index (χ0) is 10.7. The summed E-state index contributed by atoms with van der Waals surface area (Å²) in [4.78, 5) is 0. The van der Waals surface area contributed by atoms with Crippen molar-refractivity contribution >= 4 is 33.1 Å². The first-order valence-electron chi connectivity index (χ1n) is 4.20. The van der Waals surface area contributed by atoms with E-state index in [0.29, 0.717) is 12.2 Å². The molecule has 78 valence electrons. The Balaban J connectivity index is 2.07. The minimum atomic E-state index is -0.267. The van der Waals surface area contributed by atoms with Gasteiger partial charge < -0.3 is 5.32 Å². The molecule has 2 aromatic rings. The van der Waals surface area contributed by atoms with Gasteiger partial charge in [-0.1, -0.05) is 4.49 Å². The highest BCUT2D eigenvalue weighted by atomic mass is 79.9. The van der Waals surface area contributed by atoms with Gasteiger partial charge in [-0.05, 0) is 45.7 Å². The predicted octanol–water partition coefficient (Wildman–Crippen LogP) is 3.05. The second kappa shape index (κ2) is 4.67. The van der Waals surface area contributed by atoms with Gasteiger partial charge in [-0.2, -0.15) is 0 Å². The molecule has 0 atom stereocenters. The van der Waals surface area contributed by atoms with Crippen LogP contribution in [0.3, 0.4) is 0 Å². The molecule has 1 aromatic carbocycles. The van der Waals surface area contributed by atoms with Gasteiger partial charge in [0.2, 0.25) is 0 Å². The zero-order valence-corrected chi connectivity index (χ0v) is 9.98. The maximum atomic E-state index is 12.9. The van der Waals surface area contributed by atoms with Crippen LogP contribution in [0.4, 0.5) is 10.1 Å². The van der Waals surface area contributed by atoms with Crippen LogP contribution in [-0.2, 0) is 6.54 Å². The average Bonchev–Trinajstić information content (AvgIpc) is 2.72. The first kappa shape index (κ1) is 10.5. The molecule has 0 aliphatic rings. The van der Waals surface area contributed by atoms with Crippen LogP contribution in [0.15, 0.2) is 28.1 Å². The van der Waals surface area contributed by atoms with Crippen molar-refractivity contribution in [2.75, 3.05) is 5.32 Å². The summed E-state index contributed by atoms with van der Waals surface area (Å²) in [6.07, 6.45) is 0. The Bertz CT molecular complexity index is 447. The van der Waals surface area contributed by atoms with E-state index in [1.165, 1.54) is 23.7 Å². The summed E-state index contributed by atoms with van der Waals surface area (Å²) in [7, 11) is 0. The number of anilines is 1. The SMILES string of the molecule is Fc1ccc(Br)c(NCc2csnn2)c1. The summed E-state index contributed by atoms with van der Waals surface area (Å²) in [5, 5.41) is 8.80. The molecule has 0 radical (unpaired) electrons. The largest absolute Gasteiger partial charge is 0.378 e. The Hall–Kier alpha value is -1.01. The molecule has 15 heavy (non-hydrogen) atoms. The summed E-state index contributed by atoms with van der Waals surface area (Å²) in [6.45, 7) is 0.540. The molecule has 0 aliphatic carbocycles. The van der Waals surface area contributed by atoms with E-state index in [9.17, 15) is 4.39 Å². The number of halogens is 2. The number of nitrogens with zero attached hydrogens (tertiary/aromatic N) is 2. The third kappa shape index (κ3) is 2.73. The molecule has 0 aliphatic heterocycles. The third-order valence-corrected chi connectivity index (χ3v) is 3.04.